The summed E-state index contributed by atoms with van der Waals surface area (Å²) in [4.78, 5) is 22.9. The molecular weight excluding hydrogens is 471 g/mol. The second-order valence-electron chi connectivity index (χ2n) is 8.49. The van der Waals surface area contributed by atoms with Crippen LogP contribution in [0.5, 0.6) is 0 Å². The monoisotopic (exact) mass is 492 g/mol. The highest BCUT2D eigenvalue weighted by atomic mass is 19.3. The number of rotatable bonds is 4. The second kappa shape index (κ2) is 9.23. The van der Waals surface area contributed by atoms with Crippen LogP contribution in [-0.2, 0) is 0 Å². The second-order valence-corrected chi connectivity index (χ2v) is 8.49. The molecule has 35 heavy (non-hydrogen) atoms. The Labute approximate surface area is 196 Å². The maximum Gasteiger partial charge on any atom is 0.289 e. The smallest absolute Gasteiger partial charge is 0.289 e. The van der Waals surface area contributed by atoms with E-state index in [0.717, 1.165) is 42.7 Å². The van der Waals surface area contributed by atoms with Gasteiger partial charge in [0.1, 0.15) is 17.2 Å². The lowest BCUT2D eigenvalue weighted by molar-refractivity contribution is 0.00356. The fourth-order valence-electron chi connectivity index (χ4n) is 4.44. The van der Waals surface area contributed by atoms with Gasteiger partial charge in [-0.05, 0) is 18.9 Å². The molecule has 12 heteroatoms. The van der Waals surface area contributed by atoms with Crippen molar-refractivity contribution >= 4 is 22.5 Å². The molecule has 4 aromatic heterocycles. The fraction of sp³-hybridized carbons (Fsp3) is 0.391. The largest absolute Gasteiger partial charge is 0.337 e. The first kappa shape index (κ1) is 23.2. The van der Waals surface area contributed by atoms with Gasteiger partial charge < -0.3 is 4.90 Å². The van der Waals surface area contributed by atoms with Crippen molar-refractivity contribution in [3.05, 3.63) is 48.1 Å². The molecule has 0 aliphatic carbocycles. The normalized spacial score (nSPS) is 16.1. The predicted octanol–water partition coefficient (Wildman–Crippen LogP) is 5.16. The van der Waals surface area contributed by atoms with E-state index >= 15 is 0 Å². The van der Waals surface area contributed by atoms with Crippen LogP contribution in [0.4, 0.5) is 22.0 Å². The van der Waals surface area contributed by atoms with E-state index in [9.17, 15) is 26.7 Å². The Morgan fingerprint density at radius 1 is 0.943 bits per heavy atom. The number of carbonyl (C=O) groups is 1. The van der Waals surface area contributed by atoms with Crippen LogP contribution >= 0.6 is 0 Å². The molecule has 7 nitrogen and oxygen atoms in total. The number of hydrogen-bond donors (Lipinski definition) is 0. The van der Waals surface area contributed by atoms with Gasteiger partial charge in [-0.25, -0.2) is 31.6 Å². The Kier molecular flexibility index (Phi) is 6.12. The first-order chi connectivity index (χ1) is 16.8. The molecule has 1 fully saturated rings. The molecular formula is C23H21F5N6O. The molecule has 1 aliphatic heterocycles. The number of halogens is 5. The highest BCUT2D eigenvalue weighted by Gasteiger charge is 2.29. The van der Waals surface area contributed by atoms with Gasteiger partial charge >= 0.3 is 0 Å². The first-order valence-electron chi connectivity index (χ1n) is 11.3. The average molecular weight is 492 g/mol. The van der Waals surface area contributed by atoms with E-state index in [1.54, 1.807) is 4.90 Å². The summed E-state index contributed by atoms with van der Waals surface area (Å²) in [6.07, 6.45) is 1.96. The fourth-order valence-corrected chi connectivity index (χ4v) is 4.44. The van der Waals surface area contributed by atoms with Crippen molar-refractivity contribution < 1.29 is 26.7 Å². The number of imidazole rings is 1. The maximum absolute atomic E-state index is 14.6. The number of fused-ring (bicyclic) bond motifs is 2. The van der Waals surface area contributed by atoms with Crippen LogP contribution in [0.3, 0.4) is 0 Å². The summed E-state index contributed by atoms with van der Waals surface area (Å²) in [6.45, 7) is 1.09. The number of pyridine rings is 2. The van der Waals surface area contributed by atoms with Gasteiger partial charge in [0.25, 0.3) is 18.6 Å². The number of hydrogen-bond acceptors (Lipinski definition) is 4. The van der Waals surface area contributed by atoms with E-state index in [0.29, 0.717) is 23.8 Å². The summed E-state index contributed by atoms with van der Waals surface area (Å²) in [6, 6.07) is 1.88. The van der Waals surface area contributed by atoms with Gasteiger partial charge in [0.05, 0.1) is 17.4 Å². The molecule has 4 aromatic rings. The van der Waals surface area contributed by atoms with E-state index in [1.165, 1.54) is 18.5 Å². The molecule has 1 atom stereocenters. The van der Waals surface area contributed by atoms with Crippen LogP contribution < -0.4 is 0 Å². The van der Waals surface area contributed by atoms with E-state index in [2.05, 4.69) is 15.1 Å². The Morgan fingerprint density at radius 3 is 2.37 bits per heavy atom. The minimum atomic E-state index is -3.40. The summed E-state index contributed by atoms with van der Waals surface area (Å²) in [5.74, 6) is -2.21. The maximum atomic E-state index is 14.6. The Balaban J connectivity index is 1.64. The molecule has 0 spiro atoms. The SMILES string of the molecule is O=C(c1cc2c(cn1)c(-c1cnc3c(F)cc(F)cn13)nn2C(F)C(F)F)N1CCCCCCC1. The topological polar surface area (TPSA) is 68.3 Å². The molecule has 184 valence electrons. The zero-order valence-electron chi connectivity index (χ0n) is 18.5. The van der Waals surface area contributed by atoms with E-state index < -0.39 is 24.4 Å². The van der Waals surface area contributed by atoms with Crippen molar-refractivity contribution in [2.24, 2.45) is 0 Å². The van der Waals surface area contributed by atoms with Gasteiger partial charge in [-0.2, -0.15) is 5.10 Å². The molecule has 1 unspecified atom stereocenters. The molecule has 1 aliphatic rings. The number of amides is 1. The Morgan fingerprint density at radius 2 is 1.66 bits per heavy atom. The van der Waals surface area contributed by atoms with Gasteiger partial charge in [0.2, 0.25) is 0 Å². The summed E-state index contributed by atoms with van der Waals surface area (Å²) >= 11 is 0. The van der Waals surface area contributed by atoms with Crippen molar-refractivity contribution in [2.45, 2.75) is 44.8 Å². The number of alkyl halides is 3. The number of carbonyl (C=O) groups excluding carboxylic acids is 1. The summed E-state index contributed by atoms with van der Waals surface area (Å²) in [7, 11) is 0. The minimum Gasteiger partial charge on any atom is -0.337 e. The highest BCUT2D eigenvalue weighted by molar-refractivity contribution is 5.99. The Hall–Kier alpha value is -3.57. The molecule has 0 aromatic carbocycles. The van der Waals surface area contributed by atoms with Gasteiger partial charge in [-0.15, -0.1) is 0 Å². The van der Waals surface area contributed by atoms with E-state index in [1.807, 2.05) is 0 Å². The van der Waals surface area contributed by atoms with Crippen molar-refractivity contribution in [2.75, 3.05) is 13.1 Å². The van der Waals surface area contributed by atoms with Gasteiger partial charge in [0, 0.05) is 36.9 Å². The number of likely N-dealkylation sites (tertiary alicyclic amines) is 1. The first-order valence-corrected chi connectivity index (χ1v) is 11.3. The third-order valence-corrected chi connectivity index (χ3v) is 6.17. The molecule has 0 radical (unpaired) electrons. The van der Waals surface area contributed by atoms with Crippen LogP contribution in [0.1, 0.15) is 48.9 Å². The molecule has 1 saturated heterocycles. The van der Waals surface area contributed by atoms with Gasteiger partial charge in [-0.3, -0.25) is 14.2 Å². The zero-order valence-corrected chi connectivity index (χ0v) is 18.5. The standard InChI is InChI=1S/C23H21F5N6O/c24-13-8-15(25)22-30-11-18(33(22)12-13)19-14-10-29-16(9-17(14)34(31-19)21(28)20(26)27)23(35)32-6-4-2-1-3-5-7-32/h8-12,20-21H,1-7H2. The lowest BCUT2D eigenvalue weighted by Crippen LogP contribution is -2.34. The van der Waals surface area contributed by atoms with Crippen molar-refractivity contribution in [1.29, 1.82) is 0 Å². The van der Waals surface area contributed by atoms with Crippen molar-refractivity contribution in [3.8, 4) is 11.4 Å². The summed E-state index contributed by atoms with van der Waals surface area (Å²) in [5.41, 5.74) is -0.342. The lowest BCUT2D eigenvalue weighted by Gasteiger charge is -2.24. The third kappa shape index (κ3) is 4.21. The molecule has 1 amide bonds. The van der Waals surface area contributed by atoms with Crippen molar-refractivity contribution in [1.82, 2.24) is 29.0 Å². The van der Waals surface area contributed by atoms with E-state index in [4.69, 9.17) is 0 Å². The lowest BCUT2D eigenvalue weighted by atomic mass is 10.1. The zero-order chi connectivity index (χ0) is 24.7. The van der Waals surface area contributed by atoms with Gasteiger partial charge in [-0.1, -0.05) is 19.3 Å². The van der Waals surface area contributed by atoms with Crippen molar-refractivity contribution in [3.63, 3.8) is 0 Å². The van der Waals surface area contributed by atoms with Crippen LogP contribution in [0.2, 0.25) is 0 Å². The number of nitrogens with zero attached hydrogens (tertiary/aromatic N) is 6. The highest BCUT2D eigenvalue weighted by Crippen LogP contribution is 2.33. The minimum absolute atomic E-state index is 0.0255. The number of aromatic nitrogens is 5. The molecule has 0 bridgehead atoms. The summed E-state index contributed by atoms with van der Waals surface area (Å²) < 4.78 is 70.8. The van der Waals surface area contributed by atoms with Crippen LogP contribution in [0, 0.1) is 11.6 Å². The Bertz CT molecular complexity index is 1390. The van der Waals surface area contributed by atoms with Crippen LogP contribution in [-0.4, -0.2) is 54.5 Å². The summed E-state index contributed by atoms with van der Waals surface area (Å²) in [5, 5.41) is 4.12. The average Bonchev–Trinajstić information content (AvgIpc) is 3.39. The quantitative estimate of drug-likeness (QED) is 0.369. The molecule has 5 heterocycles. The third-order valence-electron chi connectivity index (χ3n) is 6.17. The van der Waals surface area contributed by atoms with Gasteiger partial charge in [0.15, 0.2) is 11.5 Å². The molecule has 5 rings (SSSR count). The predicted molar refractivity (Wildman–Crippen MR) is 117 cm³/mol. The van der Waals surface area contributed by atoms with E-state index in [-0.39, 0.29) is 39.5 Å². The van der Waals surface area contributed by atoms with Crippen LogP contribution in [0.25, 0.3) is 27.9 Å². The van der Waals surface area contributed by atoms with Crippen LogP contribution in [0.15, 0.2) is 30.7 Å². The molecule has 0 saturated carbocycles. The molecule has 0 N–H and O–H groups in total.